The van der Waals surface area contributed by atoms with Gasteiger partial charge in [-0.05, 0) is 24.6 Å². The normalized spacial score (nSPS) is 10.4. The highest BCUT2D eigenvalue weighted by molar-refractivity contribution is 6.16. The molecule has 4 heteroatoms. The van der Waals surface area contributed by atoms with E-state index >= 15 is 0 Å². The number of aromatic nitrogens is 2. The molecule has 0 saturated carbocycles. The third-order valence-electron chi connectivity index (χ3n) is 2.28. The summed E-state index contributed by atoms with van der Waals surface area (Å²) in [5.41, 5.74) is 2.00. The van der Waals surface area contributed by atoms with Crippen molar-refractivity contribution in [3.8, 4) is 11.4 Å². The zero-order chi connectivity index (χ0) is 11.5. The van der Waals surface area contributed by atoms with E-state index in [4.69, 9.17) is 11.6 Å². The van der Waals surface area contributed by atoms with Gasteiger partial charge >= 0.3 is 0 Å². The van der Waals surface area contributed by atoms with Gasteiger partial charge in [-0.1, -0.05) is 12.1 Å². The fourth-order valence-corrected chi connectivity index (χ4v) is 1.49. The van der Waals surface area contributed by atoms with E-state index in [0.29, 0.717) is 22.8 Å². The van der Waals surface area contributed by atoms with E-state index in [-0.39, 0.29) is 5.82 Å². The molecule has 0 atom stereocenters. The molecule has 0 spiro atoms. The van der Waals surface area contributed by atoms with Crippen LogP contribution in [0.15, 0.2) is 30.5 Å². The molecule has 2 nitrogen and oxygen atoms in total. The zero-order valence-electron chi connectivity index (χ0n) is 8.74. The molecule has 0 saturated heterocycles. The van der Waals surface area contributed by atoms with Crippen LogP contribution >= 0.6 is 11.6 Å². The van der Waals surface area contributed by atoms with Crippen LogP contribution in [0.2, 0.25) is 0 Å². The zero-order valence-corrected chi connectivity index (χ0v) is 9.50. The van der Waals surface area contributed by atoms with Gasteiger partial charge in [0.15, 0.2) is 5.82 Å². The van der Waals surface area contributed by atoms with Crippen LogP contribution in [-0.2, 0) is 5.88 Å². The van der Waals surface area contributed by atoms with Crippen molar-refractivity contribution in [1.82, 2.24) is 9.97 Å². The molecular formula is C12H10ClFN2. The topological polar surface area (TPSA) is 25.8 Å². The lowest BCUT2D eigenvalue weighted by atomic mass is 10.1. The molecule has 82 valence electrons. The van der Waals surface area contributed by atoms with Crippen molar-refractivity contribution < 1.29 is 4.39 Å². The van der Waals surface area contributed by atoms with Crippen molar-refractivity contribution >= 4 is 11.6 Å². The van der Waals surface area contributed by atoms with Gasteiger partial charge in [0.05, 0.1) is 11.6 Å². The third-order valence-corrected chi connectivity index (χ3v) is 2.55. The largest absolute Gasteiger partial charge is 0.237 e. The molecule has 1 heterocycles. The number of nitrogens with zero attached hydrogens (tertiary/aromatic N) is 2. The highest BCUT2D eigenvalue weighted by Crippen LogP contribution is 2.18. The predicted octanol–water partition coefficient (Wildman–Crippen LogP) is 3.33. The van der Waals surface area contributed by atoms with Gasteiger partial charge in [0.1, 0.15) is 5.82 Å². The number of hydrogen-bond donors (Lipinski definition) is 0. The van der Waals surface area contributed by atoms with Crippen molar-refractivity contribution in [2.24, 2.45) is 0 Å². The minimum absolute atomic E-state index is 0.252. The molecule has 0 unspecified atom stereocenters. The summed E-state index contributed by atoms with van der Waals surface area (Å²) < 4.78 is 13.4. The molecule has 16 heavy (non-hydrogen) atoms. The Hall–Kier alpha value is -1.48. The van der Waals surface area contributed by atoms with Gasteiger partial charge in [-0.3, -0.25) is 0 Å². The Balaban J connectivity index is 2.46. The maximum Gasteiger partial charge on any atom is 0.159 e. The Morgan fingerprint density at radius 3 is 2.81 bits per heavy atom. The lowest BCUT2D eigenvalue weighted by Crippen LogP contribution is -1.93. The van der Waals surface area contributed by atoms with E-state index in [1.165, 1.54) is 6.07 Å². The van der Waals surface area contributed by atoms with Crippen LogP contribution < -0.4 is 0 Å². The van der Waals surface area contributed by atoms with Crippen LogP contribution in [0.25, 0.3) is 11.4 Å². The predicted molar refractivity (Wildman–Crippen MR) is 61.7 cm³/mol. The van der Waals surface area contributed by atoms with Crippen molar-refractivity contribution in [3.05, 3.63) is 47.5 Å². The maximum absolute atomic E-state index is 13.4. The molecule has 0 aliphatic carbocycles. The average Bonchev–Trinajstić information content (AvgIpc) is 2.33. The second-order valence-corrected chi connectivity index (χ2v) is 3.74. The third kappa shape index (κ3) is 2.19. The monoisotopic (exact) mass is 236 g/mol. The van der Waals surface area contributed by atoms with Gasteiger partial charge < -0.3 is 0 Å². The molecule has 0 aliphatic heterocycles. The lowest BCUT2D eigenvalue weighted by Gasteiger charge is -2.03. The van der Waals surface area contributed by atoms with E-state index in [1.807, 2.05) is 0 Å². The van der Waals surface area contributed by atoms with Gasteiger partial charge in [-0.25, -0.2) is 14.4 Å². The van der Waals surface area contributed by atoms with E-state index in [2.05, 4.69) is 9.97 Å². The van der Waals surface area contributed by atoms with Crippen LogP contribution in [0.1, 0.15) is 11.3 Å². The van der Waals surface area contributed by atoms with Gasteiger partial charge in [-0.2, -0.15) is 0 Å². The molecule has 2 rings (SSSR count). The molecule has 2 aromatic rings. The first-order valence-corrected chi connectivity index (χ1v) is 5.38. The Labute approximate surface area is 98.1 Å². The number of halogens is 2. The summed E-state index contributed by atoms with van der Waals surface area (Å²) in [4.78, 5) is 8.31. The Morgan fingerprint density at radius 2 is 2.12 bits per heavy atom. The standard InChI is InChI=1S/C12H10ClFN2/c1-8-2-3-9(6-11(8)14)12-15-5-4-10(7-13)16-12/h2-6H,7H2,1H3. The number of alkyl halides is 1. The van der Waals surface area contributed by atoms with Crippen molar-refractivity contribution in [1.29, 1.82) is 0 Å². The summed E-state index contributed by atoms with van der Waals surface area (Å²) in [6.07, 6.45) is 1.62. The van der Waals surface area contributed by atoms with Gasteiger partial charge in [0, 0.05) is 11.8 Å². The summed E-state index contributed by atoms with van der Waals surface area (Å²) >= 11 is 5.68. The summed E-state index contributed by atoms with van der Waals surface area (Å²) in [7, 11) is 0. The first-order valence-electron chi connectivity index (χ1n) is 4.85. The summed E-state index contributed by atoms with van der Waals surface area (Å²) in [6, 6.07) is 6.68. The van der Waals surface area contributed by atoms with Gasteiger partial charge in [0.25, 0.3) is 0 Å². The van der Waals surface area contributed by atoms with Crippen LogP contribution in [0.5, 0.6) is 0 Å². The summed E-state index contributed by atoms with van der Waals surface area (Å²) in [5.74, 6) is 0.568. The van der Waals surface area contributed by atoms with Crippen molar-refractivity contribution in [2.75, 3.05) is 0 Å². The minimum Gasteiger partial charge on any atom is -0.237 e. The Morgan fingerprint density at radius 1 is 1.31 bits per heavy atom. The molecule has 0 N–H and O–H groups in total. The average molecular weight is 237 g/mol. The molecule has 0 aliphatic rings. The SMILES string of the molecule is Cc1ccc(-c2nccc(CCl)n2)cc1F. The van der Waals surface area contributed by atoms with Crippen molar-refractivity contribution in [2.45, 2.75) is 12.8 Å². The quantitative estimate of drug-likeness (QED) is 0.748. The van der Waals surface area contributed by atoms with Gasteiger partial charge in [0.2, 0.25) is 0 Å². The molecule has 1 aromatic carbocycles. The summed E-state index contributed by atoms with van der Waals surface area (Å²) in [5, 5.41) is 0. The van der Waals surface area contributed by atoms with E-state index < -0.39 is 0 Å². The smallest absolute Gasteiger partial charge is 0.159 e. The molecule has 1 aromatic heterocycles. The highest BCUT2D eigenvalue weighted by atomic mass is 35.5. The number of benzene rings is 1. The number of aryl methyl sites for hydroxylation is 1. The minimum atomic E-state index is -0.252. The van der Waals surface area contributed by atoms with E-state index in [9.17, 15) is 4.39 Å². The first kappa shape index (κ1) is 11.0. The maximum atomic E-state index is 13.4. The molecule has 0 amide bonds. The van der Waals surface area contributed by atoms with E-state index in [0.717, 1.165) is 5.69 Å². The van der Waals surface area contributed by atoms with Crippen LogP contribution in [0.4, 0.5) is 4.39 Å². The number of rotatable bonds is 2. The Bertz CT molecular complexity index is 514. The molecule has 0 fully saturated rings. The second kappa shape index (κ2) is 4.58. The van der Waals surface area contributed by atoms with Crippen LogP contribution in [0, 0.1) is 12.7 Å². The summed E-state index contributed by atoms with van der Waals surface area (Å²) in [6.45, 7) is 1.72. The van der Waals surface area contributed by atoms with Crippen molar-refractivity contribution in [3.63, 3.8) is 0 Å². The fourth-order valence-electron chi connectivity index (χ4n) is 1.34. The fraction of sp³-hybridized carbons (Fsp3) is 0.167. The van der Waals surface area contributed by atoms with Crippen LogP contribution in [0.3, 0.4) is 0 Å². The van der Waals surface area contributed by atoms with Gasteiger partial charge in [-0.15, -0.1) is 11.6 Å². The second-order valence-electron chi connectivity index (χ2n) is 3.47. The van der Waals surface area contributed by atoms with E-state index in [1.54, 1.807) is 31.3 Å². The first-order chi connectivity index (χ1) is 7.70. The van der Waals surface area contributed by atoms with Crippen LogP contribution in [-0.4, -0.2) is 9.97 Å². The lowest BCUT2D eigenvalue weighted by molar-refractivity contribution is 0.619. The molecule has 0 bridgehead atoms. The number of hydrogen-bond acceptors (Lipinski definition) is 2. The Kier molecular flexibility index (Phi) is 3.15. The molecule has 0 radical (unpaired) electrons. The molecular weight excluding hydrogens is 227 g/mol. The highest BCUT2D eigenvalue weighted by Gasteiger charge is 2.05.